The molecule has 24 bridgehead atoms. The molecule has 18 heteroatoms. The number of esters is 2. The molecule has 4 atom stereocenters. The molecule has 0 aromatic carbocycles. The molecule has 15 heterocycles. The minimum Gasteiger partial charge on any atom is -0.469 e. The number of carbonyl (C=O) groups is 4. The average molecular weight is 1630 g/mol. The van der Waals surface area contributed by atoms with Crippen LogP contribution in [0.4, 0.5) is 0 Å². The van der Waals surface area contributed by atoms with Gasteiger partial charge in [-0.05, 0) is 284 Å². The summed E-state index contributed by atoms with van der Waals surface area (Å²) in [6.07, 6.45) is 14.4. The molecule has 630 valence electrons. The molecule has 0 saturated heterocycles. The highest BCUT2D eigenvalue weighted by Gasteiger charge is 2.40. The normalized spacial score (nSPS) is 16.9. The second-order valence-electron chi connectivity index (χ2n) is 35.7. The summed E-state index contributed by atoms with van der Waals surface area (Å²) in [6, 6.07) is 18.0. The smallest absolute Gasteiger partial charge is 0.305 e. The highest BCUT2D eigenvalue weighted by atomic mass is 16.5. The van der Waals surface area contributed by atoms with Gasteiger partial charge in [0.2, 0.25) is 0 Å². The van der Waals surface area contributed by atoms with Crippen molar-refractivity contribution in [3.63, 3.8) is 0 Å². The summed E-state index contributed by atoms with van der Waals surface area (Å²) in [5, 5.41) is 0. The number of rotatable bonds is 22. The van der Waals surface area contributed by atoms with Gasteiger partial charge in [-0.15, -0.1) is 0 Å². The number of ether oxygens (including phenoxy) is 2. The van der Waals surface area contributed by atoms with Crippen LogP contribution in [0.3, 0.4) is 0 Å². The number of nitrogens with one attached hydrogen (secondary N) is 6. The fourth-order valence-corrected chi connectivity index (χ4v) is 21.4. The first-order valence-electron chi connectivity index (χ1n) is 45.1. The second kappa shape index (κ2) is 32.8. The number of fused-ring (bicyclic) bond motifs is 24. The first-order valence-corrected chi connectivity index (χ1v) is 45.1. The number of H-pyrrole nitrogens is 6. The van der Waals surface area contributed by atoms with Crippen LogP contribution in [-0.4, -0.2) is 97.5 Å². The van der Waals surface area contributed by atoms with Crippen molar-refractivity contribution < 1.29 is 28.7 Å². The highest BCUT2D eigenvalue weighted by Crippen LogP contribution is 2.52. The minimum atomic E-state index is -0.280. The summed E-state index contributed by atoms with van der Waals surface area (Å²) in [5.41, 5.74) is 46.3. The minimum absolute atomic E-state index is 0.0608. The number of nitrogens with zero attached hydrogens (tertiary/aromatic N) is 6. The van der Waals surface area contributed by atoms with E-state index in [1.807, 2.05) is 13.8 Å². The molecule has 9 aromatic heterocycles. The summed E-state index contributed by atoms with van der Waals surface area (Å²) < 4.78 is 10.6. The fourth-order valence-electron chi connectivity index (χ4n) is 21.4. The van der Waals surface area contributed by atoms with Crippen LogP contribution >= 0.6 is 0 Å². The maximum Gasteiger partial charge on any atom is 0.305 e. The van der Waals surface area contributed by atoms with Gasteiger partial charge < -0.3 is 39.4 Å². The first kappa shape index (κ1) is 82.9. The molecule has 8 aliphatic rings. The zero-order chi connectivity index (χ0) is 86.0. The van der Waals surface area contributed by atoms with E-state index in [4.69, 9.17) is 39.4 Å². The van der Waals surface area contributed by atoms with E-state index >= 15 is 0 Å². The molecule has 6 N–H and O–H groups in total. The van der Waals surface area contributed by atoms with Gasteiger partial charge in [-0.3, -0.25) is 29.1 Å². The Bertz CT molecular complexity index is 6320. The van der Waals surface area contributed by atoms with E-state index in [0.29, 0.717) is 24.0 Å². The van der Waals surface area contributed by atoms with Crippen molar-refractivity contribution >= 4 is 134 Å². The van der Waals surface area contributed by atoms with E-state index in [0.717, 1.165) is 325 Å². The third-order valence-electron chi connectivity index (χ3n) is 28.7. The Balaban J connectivity index is 1.02. The second-order valence-corrected chi connectivity index (χ2v) is 35.7. The Morgan fingerprint density at radius 2 is 0.697 bits per heavy atom. The van der Waals surface area contributed by atoms with E-state index in [1.165, 1.54) is 36.5 Å². The summed E-state index contributed by atoms with van der Waals surface area (Å²) in [5.74, 6) is -1.06. The largest absolute Gasteiger partial charge is 0.469 e. The molecule has 18 nitrogen and oxygen atoms in total. The Morgan fingerprint density at radius 3 is 1.07 bits per heavy atom. The lowest BCUT2D eigenvalue weighted by atomic mass is 9.85. The number of hydrogen-bond donors (Lipinski definition) is 6. The molecule has 0 spiro atoms. The van der Waals surface area contributed by atoms with E-state index < -0.39 is 0 Å². The molecule has 2 aliphatic carbocycles. The fraction of sp³-hybridized carbons (Fsp3) is 0.423. The number of aromatic amines is 6. The number of unbranched alkanes of at least 4 members (excludes halogenated alkanes) is 4. The van der Waals surface area contributed by atoms with Gasteiger partial charge in [0.05, 0.1) is 93.2 Å². The van der Waals surface area contributed by atoms with Gasteiger partial charge in [-0.1, -0.05) is 81.1 Å². The first-order chi connectivity index (χ1) is 58.8. The van der Waals surface area contributed by atoms with Crippen molar-refractivity contribution in [1.82, 2.24) is 59.8 Å². The van der Waals surface area contributed by atoms with Crippen LogP contribution in [-0.2, 0) is 44.7 Å². The van der Waals surface area contributed by atoms with Crippen molar-refractivity contribution in [2.75, 3.05) is 14.2 Å². The van der Waals surface area contributed by atoms with Crippen LogP contribution in [0.25, 0.3) is 133 Å². The monoisotopic (exact) mass is 1630 g/mol. The molecule has 0 saturated carbocycles. The van der Waals surface area contributed by atoms with Crippen molar-refractivity contribution in [3.05, 3.63) is 184 Å². The highest BCUT2D eigenvalue weighted by molar-refractivity contribution is 6.15. The number of methoxy groups -OCH3 is 2. The van der Waals surface area contributed by atoms with Gasteiger partial charge in [0, 0.05) is 149 Å². The standard InChI is InChI=1S/C104H118N12O6/c1-21-27-31-63-53(11)97-95(91-57(15)75-41-73-51(9)67(35-37-89(119)121-19)101(109-73)69-39-87(117)93-59(17)77(111-103(69)93)43-79-61(25-5)49(7)71(105-79)45-85(91)107-75)98-55(13)65(33-29-23-3)83(115-98)48-84-66(34-30-24-4)56(14)100(116-84)96(99-54(12)64(32-28-22-2)82(114-99)47-81(63)113-97)92-58(16)76-42-74-52(10)68(36-38-90(120)122-20)102(110-74)70-40-88(118)94-60(18)78(112-104(70)94)44-80-62(26-6)50(8)72(106-80)46-86(92)108-76/h41-48,51-52,67-68,107-108,111-113,116H,21-40H2,1-20H3. The molecule has 0 radical (unpaired) electrons. The van der Waals surface area contributed by atoms with E-state index in [1.54, 1.807) is 0 Å². The molecule has 4 unspecified atom stereocenters. The predicted molar refractivity (Wildman–Crippen MR) is 497 cm³/mol. The lowest BCUT2D eigenvalue weighted by Crippen LogP contribution is -2.09. The van der Waals surface area contributed by atoms with Crippen molar-refractivity contribution in [3.8, 4) is 22.3 Å². The van der Waals surface area contributed by atoms with Gasteiger partial charge >= 0.3 is 11.9 Å². The molecule has 9 aromatic rings. The van der Waals surface area contributed by atoms with Gasteiger partial charge in [-0.2, -0.15) is 0 Å². The van der Waals surface area contributed by atoms with E-state index in [2.05, 4.69) is 189 Å². The summed E-state index contributed by atoms with van der Waals surface area (Å²) >= 11 is 0. The van der Waals surface area contributed by atoms with Gasteiger partial charge in [-0.25, -0.2) is 19.9 Å². The number of hydrogen-bond acceptors (Lipinski definition) is 12. The van der Waals surface area contributed by atoms with Crippen LogP contribution in [0.15, 0.2) is 48.5 Å². The Kier molecular flexibility index (Phi) is 22.3. The Morgan fingerprint density at radius 1 is 0.361 bits per heavy atom. The Hall–Kier alpha value is -11.4. The topological polar surface area (TPSA) is 259 Å². The lowest BCUT2D eigenvalue weighted by molar-refractivity contribution is -0.141. The van der Waals surface area contributed by atoms with Crippen molar-refractivity contribution in [1.29, 1.82) is 0 Å². The number of aromatic nitrogens is 12. The van der Waals surface area contributed by atoms with E-state index in [-0.39, 0.29) is 72.9 Å². The van der Waals surface area contributed by atoms with Gasteiger partial charge in [0.15, 0.2) is 11.6 Å². The quantitative estimate of drug-likeness (QED) is 0.0346. The third kappa shape index (κ3) is 13.7. The lowest BCUT2D eigenvalue weighted by Gasteiger charge is -2.16. The summed E-state index contributed by atoms with van der Waals surface area (Å²) in [4.78, 5) is 115. The van der Waals surface area contributed by atoms with Crippen LogP contribution in [0.1, 0.15) is 354 Å². The molecule has 0 fully saturated rings. The number of allylic oxidation sites excluding steroid dienone is 8. The van der Waals surface area contributed by atoms with Gasteiger partial charge in [0.1, 0.15) is 0 Å². The zero-order valence-electron chi connectivity index (χ0n) is 75.2. The van der Waals surface area contributed by atoms with E-state index in [9.17, 15) is 19.2 Å². The van der Waals surface area contributed by atoms with Crippen LogP contribution in [0.5, 0.6) is 0 Å². The molecular weight excluding hydrogens is 1510 g/mol. The zero-order valence-corrected chi connectivity index (χ0v) is 75.2. The maximum atomic E-state index is 14.5. The molecule has 17 rings (SSSR count). The number of Topliss-reactive ketones (excluding diaryl/α,β-unsaturated/α-hetero) is 2. The Labute approximate surface area is 715 Å². The SMILES string of the molecule is CCCCC1=C(C)c2nc1cc1[nH]c(c(C)c1CCCC)c(-c1c(C)c3cc4nc(c5c6[nH]c(cc7nc(cc1[nH]3)C(C)=C7CC)c(C)c6C(=O)C5)C(CCC(=O)OC)C4C)c1nc(cc3[nH]c(c(C)c3CCCC)c2-c2c(C)c3cc4nc(c5c6[nH]c(cc7nc(cc2[nH]3)C(C)=C7CC)c(C)c6C(=O)C5)C(CCC(=O)OC)C4C)C(CCCC)=C1C. The number of carbonyl (C=O) groups excluding carboxylic acids is 4. The maximum absolute atomic E-state index is 14.5. The molecule has 0 amide bonds. The third-order valence-corrected chi connectivity index (χ3v) is 28.7. The molecule has 6 aliphatic heterocycles. The van der Waals surface area contributed by atoms with Crippen molar-refractivity contribution in [2.24, 2.45) is 0 Å². The van der Waals surface area contributed by atoms with Crippen LogP contribution in [0.2, 0.25) is 0 Å². The van der Waals surface area contributed by atoms with Gasteiger partial charge in [0.25, 0.3) is 0 Å². The summed E-state index contributed by atoms with van der Waals surface area (Å²) in [7, 11) is 2.89. The average Bonchev–Trinajstić information content (AvgIpc) is 1.57. The van der Waals surface area contributed by atoms with Crippen LogP contribution < -0.4 is 0 Å². The molecule has 122 heavy (non-hydrogen) atoms. The number of ketones is 2. The summed E-state index contributed by atoms with van der Waals surface area (Å²) in [6.45, 7) is 40.2. The predicted octanol–water partition coefficient (Wildman–Crippen LogP) is 25.5. The van der Waals surface area contributed by atoms with Crippen LogP contribution in [0, 0.1) is 41.5 Å². The van der Waals surface area contributed by atoms with Crippen molar-refractivity contribution in [2.45, 2.75) is 277 Å². The molecular formula is C104H118N12O6. The number of aryl methyl sites for hydroxylation is 8.